The Balaban J connectivity index is 2.15. The third-order valence-electron chi connectivity index (χ3n) is 3.45. The fourth-order valence-electron chi connectivity index (χ4n) is 2.28. The van der Waals surface area contributed by atoms with E-state index in [1.807, 2.05) is 13.8 Å². The lowest BCUT2D eigenvalue weighted by Crippen LogP contribution is -2.44. The Bertz CT molecular complexity index is 376. The van der Waals surface area contributed by atoms with Gasteiger partial charge in [-0.05, 0) is 26.7 Å². The molecule has 1 saturated heterocycles. The van der Waals surface area contributed by atoms with Gasteiger partial charge in [0.15, 0.2) is 0 Å². The first kappa shape index (κ1) is 17.4. The van der Waals surface area contributed by atoms with Crippen LogP contribution in [0.4, 0.5) is 0 Å². The third kappa shape index (κ3) is 6.57. The van der Waals surface area contributed by atoms with Crippen LogP contribution in [0.3, 0.4) is 0 Å². The lowest BCUT2D eigenvalue weighted by atomic mass is 9.97. The summed E-state index contributed by atoms with van der Waals surface area (Å²) in [5.41, 5.74) is 0. The molecule has 7 nitrogen and oxygen atoms in total. The minimum absolute atomic E-state index is 0.0350. The van der Waals surface area contributed by atoms with Gasteiger partial charge in [-0.25, -0.2) is 0 Å². The molecular weight excluding hydrogens is 274 g/mol. The minimum atomic E-state index is -0.781. The Morgan fingerprint density at radius 2 is 1.86 bits per heavy atom. The van der Waals surface area contributed by atoms with Crippen molar-refractivity contribution in [1.82, 2.24) is 15.5 Å². The number of rotatable bonds is 7. The second-order valence-corrected chi connectivity index (χ2v) is 5.64. The molecule has 0 unspecified atom stereocenters. The van der Waals surface area contributed by atoms with Crippen LogP contribution >= 0.6 is 0 Å². The van der Waals surface area contributed by atoms with Crippen LogP contribution in [0.15, 0.2) is 0 Å². The van der Waals surface area contributed by atoms with Gasteiger partial charge in [0.25, 0.3) is 0 Å². The molecule has 1 aliphatic heterocycles. The van der Waals surface area contributed by atoms with Crippen molar-refractivity contribution in [2.75, 3.05) is 26.2 Å². The maximum Gasteiger partial charge on any atom is 0.306 e. The molecule has 7 heteroatoms. The van der Waals surface area contributed by atoms with E-state index < -0.39 is 5.97 Å². The molecule has 0 aromatic rings. The van der Waals surface area contributed by atoms with Crippen molar-refractivity contribution in [2.24, 2.45) is 5.92 Å². The van der Waals surface area contributed by atoms with Crippen LogP contribution in [-0.4, -0.2) is 60.0 Å². The molecule has 120 valence electrons. The molecule has 0 aliphatic carbocycles. The summed E-state index contributed by atoms with van der Waals surface area (Å²) < 4.78 is 0. The number of hydrogen-bond acceptors (Lipinski definition) is 4. The van der Waals surface area contributed by atoms with E-state index in [-0.39, 0.29) is 30.3 Å². The van der Waals surface area contributed by atoms with Crippen molar-refractivity contribution < 1.29 is 19.5 Å². The molecule has 1 fully saturated rings. The Kier molecular flexibility index (Phi) is 7.14. The van der Waals surface area contributed by atoms with Crippen LogP contribution in [0, 0.1) is 5.92 Å². The summed E-state index contributed by atoms with van der Waals surface area (Å²) in [6.07, 6.45) is 1.36. The minimum Gasteiger partial charge on any atom is -0.481 e. The maximum absolute atomic E-state index is 11.9. The average molecular weight is 299 g/mol. The van der Waals surface area contributed by atoms with Gasteiger partial charge in [-0.15, -0.1) is 0 Å². The summed E-state index contributed by atoms with van der Waals surface area (Å²) in [4.78, 5) is 35.8. The summed E-state index contributed by atoms with van der Waals surface area (Å²) in [5, 5.41) is 14.6. The summed E-state index contributed by atoms with van der Waals surface area (Å²) in [6, 6.07) is 0.120. The van der Waals surface area contributed by atoms with Gasteiger partial charge in [0.05, 0.1) is 12.5 Å². The number of likely N-dealkylation sites (tertiary alicyclic amines) is 1. The fourth-order valence-corrected chi connectivity index (χ4v) is 2.28. The summed E-state index contributed by atoms with van der Waals surface area (Å²) in [6.45, 7) is 5.42. The highest BCUT2D eigenvalue weighted by Gasteiger charge is 2.26. The topological polar surface area (TPSA) is 98.7 Å². The molecule has 0 atom stereocenters. The van der Waals surface area contributed by atoms with E-state index >= 15 is 0 Å². The van der Waals surface area contributed by atoms with Gasteiger partial charge in [-0.2, -0.15) is 0 Å². The lowest BCUT2D eigenvalue weighted by Gasteiger charge is -2.30. The molecular formula is C14H25N3O4. The predicted molar refractivity (Wildman–Crippen MR) is 77.7 cm³/mol. The number of carbonyl (C=O) groups is 3. The molecule has 1 aliphatic rings. The van der Waals surface area contributed by atoms with Crippen molar-refractivity contribution in [3.05, 3.63) is 0 Å². The molecule has 21 heavy (non-hydrogen) atoms. The van der Waals surface area contributed by atoms with Crippen LogP contribution in [0.25, 0.3) is 0 Å². The molecule has 1 heterocycles. The number of nitrogens with zero attached hydrogens (tertiary/aromatic N) is 1. The highest BCUT2D eigenvalue weighted by Crippen LogP contribution is 2.16. The van der Waals surface area contributed by atoms with E-state index in [4.69, 9.17) is 5.11 Å². The number of carboxylic acid groups (broad SMARTS) is 1. The van der Waals surface area contributed by atoms with E-state index in [0.29, 0.717) is 38.9 Å². The quantitative estimate of drug-likeness (QED) is 0.566. The van der Waals surface area contributed by atoms with Gasteiger partial charge >= 0.3 is 5.97 Å². The van der Waals surface area contributed by atoms with E-state index in [9.17, 15) is 14.4 Å². The first-order valence-electron chi connectivity index (χ1n) is 7.40. The number of nitrogens with one attached hydrogen (secondary N) is 2. The van der Waals surface area contributed by atoms with Crippen LogP contribution < -0.4 is 10.6 Å². The van der Waals surface area contributed by atoms with Crippen molar-refractivity contribution in [3.8, 4) is 0 Å². The van der Waals surface area contributed by atoms with Crippen molar-refractivity contribution in [2.45, 2.75) is 39.2 Å². The molecule has 3 N–H and O–H groups in total. The normalized spacial score (nSPS) is 16.0. The summed E-state index contributed by atoms with van der Waals surface area (Å²) >= 11 is 0. The van der Waals surface area contributed by atoms with Gasteiger partial charge in [0.1, 0.15) is 0 Å². The highest BCUT2D eigenvalue weighted by atomic mass is 16.4. The second kappa shape index (κ2) is 8.61. The van der Waals surface area contributed by atoms with Crippen molar-refractivity contribution in [1.29, 1.82) is 0 Å². The standard InChI is InChI=1S/C14H25N3O4/c1-10(2)16-12(18)3-6-15-9-13(19)17-7-4-11(5-8-17)14(20)21/h10-11,15H,3-9H2,1-2H3,(H,16,18)(H,20,21). The van der Waals surface area contributed by atoms with Gasteiger partial charge < -0.3 is 20.6 Å². The number of piperidine rings is 1. The number of carboxylic acids is 1. The van der Waals surface area contributed by atoms with E-state index in [0.717, 1.165) is 0 Å². The molecule has 1 rings (SSSR count). The Morgan fingerprint density at radius 1 is 1.24 bits per heavy atom. The molecule has 2 amide bonds. The van der Waals surface area contributed by atoms with Crippen molar-refractivity contribution >= 4 is 17.8 Å². The zero-order chi connectivity index (χ0) is 15.8. The first-order chi connectivity index (χ1) is 9.90. The molecule has 0 saturated carbocycles. The SMILES string of the molecule is CC(C)NC(=O)CCNCC(=O)N1CCC(C(=O)O)CC1. The molecule has 0 spiro atoms. The van der Waals surface area contributed by atoms with Gasteiger partial charge in [0, 0.05) is 32.1 Å². The van der Waals surface area contributed by atoms with E-state index in [1.165, 1.54) is 0 Å². The highest BCUT2D eigenvalue weighted by molar-refractivity contribution is 5.79. The monoisotopic (exact) mass is 299 g/mol. The van der Waals surface area contributed by atoms with Crippen LogP contribution in [0.2, 0.25) is 0 Å². The third-order valence-corrected chi connectivity index (χ3v) is 3.45. The number of amides is 2. The van der Waals surface area contributed by atoms with Crippen LogP contribution in [-0.2, 0) is 14.4 Å². The zero-order valence-electron chi connectivity index (χ0n) is 12.7. The molecule has 0 bridgehead atoms. The van der Waals surface area contributed by atoms with Gasteiger partial charge in [0.2, 0.25) is 11.8 Å². The molecule has 0 aromatic heterocycles. The predicted octanol–water partition coefficient (Wildman–Crippen LogP) is -0.186. The lowest BCUT2D eigenvalue weighted by molar-refractivity contribution is -0.145. The largest absolute Gasteiger partial charge is 0.481 e. The smallest absolute Gasteiger partial charge is 0.306 e. The van der Waals surface area contributed by atoms with Gasteiger partial charge in [-0.3, -0.25) is 14.4 Å². The Morgan fingerprint density at radius 3 is 2.38 bits per heavy atom. The second-order valence-electron chi connectivity index (χ2n) is 5.64. The van der Waals surface area contributed by atoms with Crippen LogP contribution in [0.5, 0.6) is 0 Å². The summed E-state index contributed by atoms with van der Waals surface area (Å²) in [5.74, 6) is -1.19. The maximum atomic E-state index is 11.9. The average Bonchev–Trinajstić information content (AvgIpc) is 2.42. The molecule has 0 radical (unpaired) electrons. The van der Waals surface area contributed by atoms with Crippen LogP contribution in [0.1, 0.15) is 33.1 Å². The number of aliphatic carboxylic acids is 1. The first-order valence-corrected chi connectivity index (χ1v) is 7.40. The summed E-state index contributed by atoms with van der Waals surface area (Å²) in [7, 11) is 0. The number of carbonyl (C=O) groups excluding carboxylic acids is 2. The van der Waals surface area contributed by atoms with E-state index in [1.54, 1.807) is 4.90 Å². The number of hydrogen-bond donors (Lipinski definition) is 3. The van der Waals surface area contributed by atoms with E-state index in [2.05, 4.69) is 10.6 Å². The Labute approximate surface area is 125 Å². The van der Waals surface area contributed by atoms with Crippen molar-refractivity contribution in [3.63, 3.8) is 0 Å². The Hall–Kier alpha value is -1.63. The van der Waals surface area contributed by atoms with Gasteiger partial charge in [-0.1, -0.05) is 0 Å². The zero-order valence-corrected chi connectivity index (χ0v) is 12.7. The molecule has 0 aromatic carbocycles. The fraction of sp³-hybridized carbons (Fsp3) is 0.786.